The summed E-state index contributed by atoms with van der Waals surface area (Å²) in [6, 6.07) is 15.1. The first-order valence-corrected chi connectivity index (χ1v) is 8.15. The molecule has 22 heavy (non-hydrogen) atoms. The average Bonchev–Trinajstić information content (AvgIpc) is 2.85. The van der Waals surface area contributed by atoms with Crippen LogP contribution in [0, 0.1) is 18.3 Å². The number of nitrogens with zero attached hydrogens (tertiary/aromatic N) is 2. The molecule has 0 spiro atoms. The topological polar surface area (TPSA) is 17.8 Å². The molecule has 1 heterocycles. The second kappa shape index (κ2) is 3.81. The lowest BCUT2D eigenvalue weighted by atomic mass is 9.98. The van der Waals surface area contributed by atoms with Gasteiger partial charge in [-0.3, -0.25) is 0 Å². The zero-order chi connectivity index (χ0) is 15.1. The van der Waals surface area contributed by atoms with Gasteiger partial charge in [0.15, 0.2) is 0 Å². The predicted octanol–water partition coefficient (Wildman–Crippen LogP) is 4.63. The van der Waals surface area contributed by atoms with Crippen LogP contribution in [0.4, 0.5) is 0 Å². The van der Waals surface area contributed by atoms with E-state index in [0.29, 0.717) is 5.41 Å². The molecule has 110 valence electrons. The smallest absolute Gasteiger partial charge is 0.0727 e. The highest BCUT2D eigenvalue weighted by Gasteiger charge is 2.63. The van der Waals surface area contributed by atoms with Gasteiger partial charge >= 0.3 is 0 Å². The molecule has 2 aliphatic rings. The highest BCUT2D eigenvalue weighted by Crippen LogP contribution is 2.70. The van der Waals surface area contributed by atoms with E-state index in [9.17, 15) is 0 Å². The van der Waals surface area contributed by atoms with Crippen molar-refractivity contribution in [3.05, 3.63) is 59.4 Å². The SMILES string of the molecule is Cc1nn(-c2cccc3ccccc23)c2c1[C@@H]1[C@H](C2)C1(C)C. The van der Waals surface area contributed by atoms with Gasteiger partial charge in [0.25, 0.3) is 0 Å². The summed E-state index contributed by atoms with van der Waals surface area (Å²) in [6.07, 6.45) is 1.18. The predicted molar refractivity (Wildman–Crippen MR) is 89.5 cm³/mol. The molecule has 2 aliphatic carbocycles. The van der Waals surface area contributed by atoms with Gasteiger partial charge in [-0.15, -0.1) is 0 Å². The Bertz CT molecular complexity index is 911. The van der Waals surface area contributed by atoms with Crippen LogP contribution >= 0.6 is 0 Å². The summed E-state index contributed by atoms with van der Waals surface area (Å²) in [5.74, 6) is 1.55. The van der Waals surface area contributed by atoms with Crippen LogP contribution in [0.5, 0.6) is 0 Å². The van der Waals surface area contributed by atoms with Crippen molar-refractivity contribution in [3.63, 3.8) is 0 Å². The maximum atomic E-state index is 4.91. The van der Waals surface area contributed by atoms with Crippen molar-refractivity contribution in [2.24, 2.45) is 11.3 Å². The van der Waals surface area contributed by atoms with E-state index in [1.165, 1.54) is 39.8 Å². The molecule has 1 aromatic heterocycles. The van der Waals surface area contributed by atoms with Crippen LogP contribution in [0.1, 0.15) is 36.7 Å². The first-order valence-electron chi connectivity index (χ1n) is 8.15. The Kier molecular flexibility index (Phi) is 2.16. The van der Waals surface area contributed by atoms with Crippen molar-refractivity contribution in [1.29, 1.82) is 0 Å². The van der Waals surface area contributed by atoms with E-state index in [-0.39, 0.29) is 0 Å². The lowest BCUT2D eigenvalue weighted by Gasteiger charge is -2.12. The molecule has 0 N–H and O–H groups in total. The number of hydrogen-bond acceptors (Lipinski definition) is 1. The molecule has 0 unspecified atom stereocenters. The molecule has 0 aliphatic heterocycles. The summed E-state index contributed by atoms with van der Waals surface area (Å²) in [6.45, 7) is 6.98. The Hall–Kier alpha value is -2.09. The van der Waals surface area contributed by atoms with E-state index in [1.807, 2.05) is 0 Å². The normalized spacial score (nSPS) is 24.3. The van der Waals surface area contributed by atoms with Crippen LogP contribution in [0.25, 0.3) is 16.5 Å². The van der Waals surface area contributed by atoms with Crippen LogP contribution < -0.4 is 0 Å². The van der Waals surface area contributed by atoms with Gasteiger partial charge in [0.1, 0.15) is 0 Å². The monoisotopic (exact) mass is 288 g/mol. The summed E-state index contributed by atoms with van der Waals surface area (Å²) in [7, 11) is 0. The maximum absolute atomic E-state index is 4.91. The molecule has 3 aromatic rings. The molecule has 1 fully saturated rings. The molecule has 2 aromatic carbocycles. The minimum atomic E-state index is 0.477. The highest BCUT2D eigenvalue weighted by atomic mass is 15.3. The van der Waals surface area contributed by atoms with Crippen LogP contribution in [0.2, 0.25) is 0 Å². The molecular formula is C20H20N2. The lowest BCUT2D eigenvalue weighted by molar-refractivity contribution is 0.533. The van der Waals surface area contributed by atoms with Crippen molar-refractivity contribution in [3.8, 4) is 5.69 Å². The van der Waals surface area contributed by atoms with E-state index in [0.717, 1.165) is 11.8 Å². The third-order valence-electron chi connectivity index (χ3n) is 5.98. The van der Waals surface area contributed by atoms with Gasteiger partial charge in [0.2, 0.25) is 0 Å². The fourth-order valence-electron chi connectivity index (χ4n) is 4.69. The number of hydrogen-bond donors (Lipinski definition) is 0. The van der Waals surface area contributed by atoms with Crippen LogP contribution in [0.15, 0.2) is 42.5 Å². The van der Waals surface area contributed by atoms with Crippen LogP contribution in [0.3, 0.4) is 0 Å². The van der Waals surface area contributed by atoms with E-state index in [1.54, 1.807) is 0 Å². The van der Waals surface area contributed by atoms with Gasteiger partial charge in [-0.1, -0.05) is 50.2 Å². The fraction of sp³-hybridized carbons (Fsp3) is 0.350. The summed E-state index contributed by atoms with van der Waals surface area (Å²) in [4.78, 5) is 0. The molecule has 1 saturated carbocycles. The van der Waals surface area contributed by atoms with Gasteiger partial charge in [0.05, 0.1) is 11.4 Å². The van der Waals surface area contributed by atoms with Crippen molar-refractivity contribution >= 4 is 10.8 Å². The van der Waals surface area contributed by atoms with E-state index in [2.05, 4.69) is 67.9 Å². The molecule has 0 saturated heterocycles. The lowest BCUT2D eigenvalue weighted by Crippen LogP contribution is -2.06. The third-order valence-corrected chi connectivity index (χ3v) is 5.98. The first kappa shape index (κ1) is 12.5. The number of benzene rings is 2. The van der Waals surface area contributed by atoms with Gasteiger partial charge in [-0.25, -0.2) is 4.68 Å². The zero-order valence-electron chi connectivity index (χ0n) is 13.3. The highest BCUT2D eigenvalue weighted by molar-refractivity contribution is 5.90. The minimum Gasteiger partial charge on any atom is -0.237 e. The van der Waals surface area contributed by atoms with E-state index >= 15 is 0 Å². The third kappa shape index (κ3) is 1.38. The molecule has 0 bridgehead atoms. The average molecular weight is 288 g/mol. The second-order valence-electron chi connectivity index (χ2n) is 7.47. The molecule has 2 nitrogen and oxygen atoms in total. The Morgan fingerprint density at radius 3 is 2.73 bits per heavy atom. The number of rotatable bonds is 1. The number of aromatic nitrogens is 2. The largest absolute Gasteiger partial charge is 0.237 e. The second-order valence-corrected chi connectivity index (χ2v) is 7.47. The quantitative estimate of drug-likeness (QED) is 0.638. The van der Waals surface area contributed by atoms with E-state index in [4.69, 9.17) is 5.10 Å². The number of aryl methyl sites for hydroxylation is 1. The molecule has 2 atom stereocenters. The van der Waals surface area contributed by atoms with Crippen molar-refractivity contribution in [1.82, 2.24) is 9.78 Å². The Balaban J connectivity index is 1.75. The van der Waals surface area contributed by atoms with Crippen LogP contribution in [-0.4, -0.2) is 9.78 Å². The number of fused-ring (bicyclic) bond motifs is 4. The fourth-order valence-corrected chi connectivity index (χ4v) is 4.69. The van der Waals surface area contributed by atoms with Crippen molar-refractivity contribution in [2.45, 2.75) is 33.1 Å². The summed E-state index contributed by atoms with van der Waals surface area (Å²) in [5, 5.41) is 7.48. The van der Waals surface area contributed by atoms with Crippen molar-refractivity contribution < 1.29 is 0 Å². The van der Waals surface area contributed by atoms with Gasteiger partial charge in [-0.05, 0) is 42.0 Å². The van der Waals surface area contributed by atoms with E-state index < -0.39 is 0 Å². The Morgan fingerprint density at radius 1 is 1.09 bits per heavy atom. The molecule has 2 heteroatoms. The Morgan fingerprint density at radius 2 is 1.86 bits per heavy atom. The van der Waals surface area contributed by atoms with Gasteiger partial charge in [-0.2, -0.15) is 5.10 Å². The molecule has 5 rings (SSSR count). The van der Waals surface area contributed by atoms with Crippen LogP contribution in [-0.2, 0) is 6.42 Å². The molecule has 0 radical (unpaired) electrons. The zero-order valence-corrected chi connectivity index (χ0v) is 13.3. The summed E-state index contributed by atoms with van der Waals surface area (Å²) >= 11 is 0. The molecular weight excluding hydrogens is 268 g/mol. The first-order chi connectivity index (χ1) is 10.6. The van der Waals surface area contributed by atoms with Gasteiger partial charge in [0, 0.05) is 16.6 Å². The Labute approximate surface area is 130 Å². The summed E-state index contributed by atoms with van der Waals surface area (Å²) in [5.41, 5.74) is 5.90. The van der Waals surface area contributed by atoms with Crippen molar-refractivity contribution in [2.75, 3.05) is 0 Å². The molecule has 0 amide bonds. The maximum Gasteiger partial charge on any atom is 0.0727 e. The minimum absolute atomic E-state index is 0.477. The summed E-state index contributed by atoms with van der Waals surface area (Å²) < 4.78 is 2.22. The van der Waals surface area contributed by atoms with Gasteiger partial charge < -0.3 is 0 Å². The standard InChI is InChI=1S/C20H20N2/c1-12-18-17(11-15-19(18)20(15,2)3)22(21-12)16-10-6-8-13-7-4-5-9-14(13)16/h4-10,15,19H,11H2,1-3H3/t15-,19-/m0/s1.